The van der Waals surface area contributed by atoms with E-state index < -0.39 is 0 Å². The van der Waals surface area contributed by atoms with Gasteiger partial charge in [-0.2, -0.15) is 0 Å². The molecule has 1 aromatic heterocycles. The summed E-state index contributed by atoms with van der Waals surface area (Å²) in [6, 6.07) is 21.8. The first-order valence-corrected chi connectivity index (χ1v) is 9.72. The molecule has 3 N–H and O–H groups in total. The monoisotopic (exact) mass is 417 g/mol. The quantitative estimate of drug-likeness (QED) is 0.427. The molecule has 3 aromatic carbocycles. The number of fused-ring (bicyclic) bond motifs is 1. The molecule has 30 heavy (non-hydrogen) atoms. The number of methoxy groups -OCH3 is 1. The van der Waals surface area contributed by atoms with Crippen molar-refractivity contribution in [1.29, 1.82) is 0 Å². The van der Waals surface area contributed by atoms with Gasteiger partial charge >= 0.3 is 0 Å². The van der Waals surface area contributed by atoms with Crippen molar-refractivity contribution in [2.75, 3.05) is 7.11 Å². The van der Waals surface area contributed by atoms with Gasteiger partial charge in [-0.1, -0.05) is 42.5 Å². The van der Waals surface area contributed by atoms with Crippen molar-refractivity contribution in [3.8, 4) is 5.75 Å². The molecule has 7 heteroatoms. The van der Waals surface area contributed by atoms with Crippen LogP contribution in [-0.2, 0) is 0 Å². The molecule has 0 saturated carbocycles. The summed E-state index contributed by atoms with van der Waals surface area (Å²) in [5.41, 5.74) is 2.52. The highest BCUT2D eigenvalue weighted by atomic mass is 32.1. The minimum atomic E-state index is -0.349. The molecule has 0 saturated heterocycles. The number of hydrogen-bond acceptors (Lipinski definition) is 4. The topological polar surface area (TPSA) is 87.0 Å². The number of hydrogen-bond donors (Lipinski definition) is 3. The van der Waals surface area contributed by atoms with Gasteiger partial charge in [0.15, 0.2) is 4.77 Å². The molecule has 0 aliphatic carbocycles. The lowest BCUT2D eigenvalue weighted by atomic mass is 9.98. The number of rotatable bonds is 5. The average molecular weight is 417 g/mol. The predicted molar refractivity (Wildman–Crippen MR) is 118 cm³/mol. The van der Waals surface area contributed by atoms with Gasteiger partial charge in [0.2, 0.25) is 0 Å². The molecule has 1 unspecified atom stereocenters. The van der Waals surface area contributed by atoms with E-state index in [1.807, 2.05) is 54.6 Å². The minimum absolute atomic E-state index is 0.213. The van der Waals surface area contributed by atoms with Crippen LogP contribution in [0.3, 0.4) is 0 Å². The van der Waals surface area contributed by atoms with Crippen molar-refractivity contribution < 1.29 is 9.53 Å². The molecule has 1 atom stereocenters. The summed E-state index contributed by atoms with van der Waals surface area (Å²) in [7, 11) is 1.61. The van der Waals surface area contributed by atoms with Crippen molar-refractivity contribution in [1.82, 2.24) is 15.3 Å². The first-order chi connectivity index (χ1) is 14.5. The van der Waals surface area contributed by atoms with E-state index in [0.29, 0.717) is 16.5 Å². The number of H-pyrrole nitrogens is 2. The summed E-state index contributed by atoms with van der Waals surface area (Å²) in [4.78, 5) is 30.6. The van der Waals surface area contributed by atoms with Crippen LogP contribution >= 0.6 is 12.2 Å². The van der Waals surface area contributed by atoms with Gasteiger partial charge in [-0.25, -0.2) is 0 Å². The zero-order valence-electron chi connectivity index (χ0n) is 16.1. The number of aromatic nitrogens is 2. The number of ether oxygens (including phenoxy) is 1. The van der Waals surface area contributed by atoms with E-state index in [4.69, 9.17) is 17.0 Å². The number of carbonyl (C=O) groups excluding carboxylic acids is 1. The van der Waals surface area contributed by atoms with Gasteiger partial charge in [0.25, 0.3) is 11.5 Å². The Morgan fingerprint density at radius 2 is 1.67 bits per heavy atom. The molecule has 4 rings (SSSR count). The Kier molecular flexibility index (Phi) is 5.45. The van der Waals surface area contributed by atoms with Crippen LogP contribution in [0, 0.1) is 4.77 Å². The smallest absolute Gasteiger partial charge is 0.259 e. The van der Waals surface area contributed by atoms with Crippen LogP contribution in [0.5, 0.6) is 5.75 Å². The molecule has 0 aliphatic rings. The number of nitrogens with one attached hydrogen (secondary N) is 3. The Hall–Kier alpha value is -3.71. The van der Waals surface area contributed by atoms with Gasteiger partial charge < -0.3 is 15.0 Å². The van der Waals surface area contributed by atoms with Crippen molar-refractivity contribution >= 4 is 29.0 Å². The van der Waals surface area contributed by atoms with Crippen molar-refractivity contribution in [2.24, 2.45) is 0 Å². The van der Waals surface area contributed by atoms with Crippen LogP contribution in [-0.4, -0.2) is 23.0 Å². The normalized spacial score (nSPS) is 11.8. The SMILES string of the molecule is COc1ccc(C(NC(=O)c2ccc3c(=O)[nH]c(=S)[nH]c3c2)c2ccccc2)cc1. The van der Waals surface area contributed by atoms with Crippen LogP contribution < -0.4 is 15.6 Å². The Bertz CT molecular complexity index is 1310. The fourth-order valence-electron chi connectivity index (χ4n) is 3.33. The highest BCUT2D eigenvalue weighted by Crippen LogP contribution is 2.25. The van der Waals surface area contributed by atoms with Crippen molar-refractivity contribution in [3.63, 3.8) is 0 Å². The summed E-state index contributed by atoms with van der Waals surface area (Å²) < 4.78 is 5.45. The van der Waals surface area contributed by atoms with Crippen LogP contribution in [0.2, 0.25) is 0 Å². The van der Waals surface area contributed by atoms with Gasteiger partial charge in [0, 0.05) is 5.56 Å². The Balaban J connectivity index is 1.70. The van der Waals surface area contributed by atoms with E-state index in [9.17, 15) is 9.59 Å². The maximum absolute atomic E-state index is 13.1. The first kappa shape index (κ1) is 19.6. The Morgan fingerprint density at radius 1 is 0.967 bits per heavy atom. The summed E-state index contributed by atoms with van der Waals surface area (Å²) in [6.45, 7) is 0. The van der Waals surface area contributed by atoms with E-state index in [2.05, 4.69) is 15.3 Å². The number of carbonyl (C=O) groups is 1. The molecule has 1 amide bonds. The molecule has 6 nitrogen and oxygen atoms in total. The maximum Gasteiger partial charge on any atom is 0.259 e. The number of benzene rings is 3. The maximum atomic E-state index is 13.1. The molecule has 0 bridgehead atoms. The van der Waals surface area contributed by atoms with E-state index in [1.165, 1.54) is 0 Å². The number of aromatic amines is 2. The van der Waals surface area contributed by atoms with Crippen molar-refractivity contribution in [2.45, 2.75) is 6.04 Å². The summed E-state index contributed by atoms with van der Waals surface area (Å²) in [6.07, 6.45) is 0. The highest BCUT2D eigenvalue weighted by Gasteiger charge is 2.18. The fourth-order valence-corrected chi connectivity index (χ4v) is 3.53. The summed E-state index contributed by atoms with van der Waals surface area (Å²) >= 11 is 5.03. The summed E-state index contributed by atoms with van der Waals surface area (Å²) in [5.74, 6) is 0.480. The molecular formula is C23H19N3O3S. The molecule has 0 spiro atoms. The Morgan fingerprint density at radius 3 is 2.37 bits per heavy atom. The lowest BCUT2D eigenvalue weighted by Gasteiger charge is -2.20. The molecule has 4 aromatic rings. The van der Waals surface area contributed by atoms with E-state index in [1.54, 1.807) is 25.3 Å². The van der Waals surface area contributed by atoms with Gasteiger partial charge in [-0.05, 0) is 53.7 Å². The average Bonchev–Trinajstić information content (AvgIpc) is 2.77. The first-order valence-electron chi connectivity index (χ1n) is 9.31. The summed E-state index contributed by atoms with van der Waals surface area (Å²) in [5, 5.41) is 3.53. The van der Waals surface area contributed by atoms with E-state index in [0.717, 1.165) is 16.9 Å². The van der Waals surface area contributed by atoms with E-state index >= 15 is 0 Å². The van der Waals surface area contributed by atoms with Gasteiger partial charge in [-0.3, -0.25) is 14.6 Å². The van der Waals surface area contributed by atoms with Crippen LogP contribution in [0.4, 0.5) is 0 Å². The van der Waals surface area contributed by atoms with Crippen molar-refractivity contribution in [3.05, 3.63) is 105 Å². The fraction of sp³-hybridized carbons (Fsp3) is 0.0870. The third-order valence-electron chi connectivity index (χ3n) is 4.86. The number of amides is 1. The molecule has 0 fully saturated rings. The predicted octanol–water partition coefficient (Wildman–Crippen LogP) is 4.11. The zero-order valence-corrected chi connectivity index (χ0v) is 17.0. The second-order valence-electron chi connectivity index (χ2n) is 6.76. The Labute approximate surface area is 177 Å². The third-order valence-corrected chi connectivity index (χ3v) is 5.06. The standard InChI is InChI=1S/C23H19N3O3S/c1-29-17-10-7-15(8-11-17)20(14-5-3-2-4-6-14)25-21(27)16-9-12-18-19(13-16)24-23(30)26-22(18)28/h2-13,20H,1H3,(H,25,27)(H2,24,26,28,30). The molecule has 150 valence electrons. The largest absolute Gasteiger partial charge is 0.497 e. The highest BCUT2D eigenvalue weighted by molar-refractivity contribution is 7.71. The van der Waals surface area contributed by atoms with Gasteiger partial charge in [-0.15, -0.1) is 0 Å². The van der Waals surface area contributed by atoms with Crippen LogP contribution in [0.15, 0.2) is 77.6 Å². The lowest BCUT2D eigenvalue weighted by molar-refractivity contribution is 0.0943. The van der Waals surface area contributed by atoms with Gasteiger partial charge in [0.1, 0.15) is 5.75 Å². The van der Waals surface area contributed by atoms with Gasteiger partial charge in [0.05, 0.1) is 24.1 Å². The molecular weight excluding hydrogens is 398 g/mol. The zero-order chi connectivity index (χ0) is 21.1. The second kappa shape index (κ2) is 8.34. The van der Waals surface area contributed by atoms with Crippen LogP contribution in [0.25, 0.3) is 10.9 Å². The van der Waals surface area contributed by atoms with E-state index in [-0.39, 0.29) is 22.3 Å². The lowest BCUT2D eigenvalue weighted by Crippen LogP contribution is -2.29. The minimum Gasteiger partial charge on any atom is -0.497 e. The molecule has 0 radical (unpaired) electrons. The third kappa shape index (κ3) is 4.01. The molecule has 0 aliphatic heterocycles. The van der Waals surface area contributed by atoms with Crippen LogP contribution in [0.1, 0.15) is 27.5 Å². The molecule has 1 heterocycles. The second-order valence-corrected chi connectivity index (χ2v) is 7.17.